The third kappa shape index (κ3) is 3.83. The van der Waals surface area contributed by atoms with Crippen LogP contribution in [0.4, 0.5) is 4.79 Å². The molecule has 1 N–H and O–H groups in total. The summed E-state index contributed by atoms with van der Waals surface area (Å²) in [6.45, 7) is 0.281. The van der Waals surface area contributed by atoms with Gasteiger partial charge in [0.05, 0.1) is 10.4 Å². The lowest BCUT2D eigenvalue weighted by atomic mass is 10.2. The summed E-state index contributed by atoms with van der Waals surface area (Å²) in [6, 6.07) is 14.8. The number of pyridine rings is 1. The zero-order valence-corrected chi connectivity index (χ0v) is 16.3. The largest absolute Gasteiger partial charge is 0.349 e. The molecule has 1 saturated heterocycles. The van der Waals surface area contributed by atoms with Crippen molar-refractivity contribution in [1.82, 2.24) is 15.2 Å². The number of hydrogen-bond donors (Lipinski definition) is 1. The Labute approximate surface area is 169 Å². The molecule has 3 aromatic rings. The summed E-state index contributed by atoms with van der Waals surface area (Å²) in [5, 5.41) is 5.25. The zero-order valence-electron chi connectivity index (χ0n) is 14.6. The Balaban J connectivity index is 1.37. The number of carbonyl (C=O) groups is 3. The molecule has 4 rings (SSSR count). The molecule has 0 spiro atoms. The Kier molecular flexibility index (Phi) is 5.23. The Morgan fingerprint density at radius 1 is 1.11 bits per heavy atom. The monoisotopic (exact) mass is 409 g/mol. The molecule has 3 heterocycles. The van der Waals surface area contributed by atoms with Crippen molar-refractivity contribution in [2.24, 2.45) is 0 Å². The number of benzene rings is 1. The molecule has 0 radical (unpaired) electrons. The average molecular weight is 409 g/mol. The molecule has 0 bridgehead atoms. The summed E-state index contributed by atoms with van der Waals surface area (Å²) in [6.07, 6.45) is 1.72. The van der Waals surface area contributed by atoms with Crippen LogP contribution in [0.25, 0.3) is 17.0 Å². The van der Waals surface area contributed by atoms with Crippen LogP contribution in [0.2, 0.25) is 0 Å². The number of nitrogens with one attached hydrogen (secondary N) is 1. The highest BCUT2D eigenvalue weighted by Crippen LogP contribution is 2.32. The van der Waals surface area contributed by atoms with E-state index >= 15 is 0 Å². The van der Waals surface area contributed by atoms with Gasteiger partial charge in [-0.2, -0.15) is 0 Å². The van der Waals surface area contributed by atoms with E-state index in [9.17, 15) is 14.4 Å². The van der Waals surface area contributed by atoms with Crippen molar-refractivity contribution in [3.05, 3.63) is 69.4 Å². The van der Waals surface area contributed by atoms with Crippen LogP contribution >= 0.6 is 23.1 Å². The second-order valence-corrected chi connectivity index (χ2v) is 7.97. The van der Waals surface area contributed by atoms with Crippen molar-refractivity contribution in [2.45, 2.75) is 0 Å². The van der Waals surface area contributed by atoms with Crippen molar-refractivity contribution in [3.8, 4) is 0 Å². The quantitative estimate of drug-likeness (QED) is 0.649. The Morgan fingerprint density at radius 3 is 2.79 bits per heavy atom. The van der Waals surface area contributed by atoms with E-state index in [-0.39, 0.29) is 30.1 Å². The number of rotatable bonds is 5. The van der Waals surface area contributed by atoms with Gasteiger partial charge in [0, 0.05) is 23.4 Å². The average Bonchev–Trinajstić information content (AvgIpc) is 3.31. The van der Waals surface area contributed by atoms with Gasteiger partial charge >= 0.3 is 0 Å². The number of thiophene rings is 1. The molecule has 0 atom stereocenters. The lowest BCUT2D eigenvalue weighted by Gasteiger charge is -2.13. The van der Waals surface area contributed by atoms with Gasteiger partial charge in [-0.15, -0.1) is 11.3 Å². The summed E-state index contributed by atoms with van der Waals surface area (Å²) in [4.78, 5) is 43.7. The second-order valence-electron chi connectivity index (χ2n) is 5.99. The van der Waals surface area contributed by atoms with Gasteiger partial charge in [0.25, 0.3) is 17.1 Å². The van der Waals surface area contributed by atoms with Gasteiger partial charge in [-0.25, -0.2) is 4.98 Å². The number of aromatic nitrogens is 1. The second kappa shape index (κ2) is 7.95. The third-order valence-electron chi connectivity index (χ3n) is 4.14. The molecule has 0 aliphatic carbocycles. The third-order valence-corrected chi connectivity index (χ3v) is 5.87. The van der Waals surface area contributed by atoms with E-state index in [4.69, 9.17) is 0 Å². The zero-order chi connectivity index (χ0) is 19.5. The summed E-state index contributed by atoms with van der Waals surface area (Å²) in [7, 11) is 0. The lowest BCUT2D eigenvalue weighted by Crippen LogP contribution is -2.37. The van der Waals surface area contributed by atoms with E-state index in [1.807, 2.05) is 47.8 Å². The molecular weight excluding hydrogens is 394 g/mol. The Hall–Kier alpha value is -2.97. The number of fused-ring (bicyclic) bond motifs is 1. The van der Waals surface area contributed by atoms with Gasteiger partial charge in [-0.1, -0.05) is 30.3 Å². The molecule has 140 valence electrons. The van der Waals surface area contributed by atoms with Crippen LogP contribution in [-0.4, -0.2) is 40.0 Å². The predicted octanol–water partition coefficient (Wildman–Crippen LogP) is 3.76. The van der Waals surface area contributed by atoms with E-state index in [0.29, 0.717) is 10.6 Å². The summed E-state index contributed by atoms with van der Waals surface area (Å²) >= 11 is 2.42. The number of amides is 3. The fourth-order valence-electron chi connectivity index (χ4n) is 2.76. The minimum absolute atomic E-state index is 0.117. The predicted molar refractivity (Wildman–Crippen MR) is 111 cm³/mol. The van der Waals surface area contributed by atoms with Crippen molar-refractivity contribution in [1.29, 1.82) is 0 Å². The smallest absolute Gasteiger partial charge is 0.293 e. The van der Waals surface area contributed by atoms with Crippen molar-refractivity contribution in [2.75, 3.05) is 13.1 Å². The first-order chi connectivity index (χ1) is 13.6. The normalized spacial score (nSPS) is 15.6. The highest BCUT2D eigenvalue weighted by atomic mass is 32.2. The summed E-state index contributed by atoms with van der Waals surface area (Å²) in [5.41, 5.74) is 1.03. The van der Waals surface area contributed by atoms with E-state index in [0.717, 1.165) is 32.4 Å². The molecule has 0 saturated carbocycles. The molecule has 1 aliphatic heterocycles. The topological polar surface area (TPSA) is 79.4 Å². The van der Waals surface area contributed by atoms with Gasteiger partial charge in [0.15, 0.2) is 0 Å². The fraction of sp³-hybridized carbons (Fsp3) is 0.100. The first-order valence-electron chi connectivity index (χ1n) is 8.55. The van der Waals surface area contributed by atoms with Crippen molar-refractivity contribution in [3.63, 3.8) is 0 Å². The number of imide groups is 1. The lowest BCUT2D eigenvalue weighted by molar-refractivity contribution is -0.122. The number of nitrogens with zero attached hydrogens (tertiary/aromatic N) is 2. The van der Waals surface area contributed by atoms with Crippen LogP contribution < -0.4 is 5.32 Å². The van der Waals surface area contributed by atoms with Gasteiger partial charge in [0.1, 0.15) is 5.69 Å². The molecule has 1 aromatic carbocycles. The minimum atomic E-state index is -0.341. The van der Waals surface area contributed by atoms with Crippen LogP contribution in [0.5, 0.6) is 0 Å². The SMILES string of the molecule is O=C(NCCN1C(=O)S/C(=C/c2cccs2)C1=O)c1ccc2ccccc2n1. The molecule has 3 amide bonds. The molecule has 28 heavy (non-hydrogen) atoms. The van der Waals surface area contributed by atoms with Crippen LogP contribution in [0.15, 0.2) is 58.8 Å². The maximum atomic E-state index is 12.4. The van der Waals surface area contributed by atoms with Crippen LogP contribution in [0.1, 0.15) is 15.4 Å². The van der Waals surface area contributed by atoms with E-state index < -0.39 is 0 Å². The maximum absolute atomic E-state index is 12.4. The fourth-order valence-corrected chi connectivity index (χ4v) is 4.35. The number of para-hydroxylation sites is 1. The van der Waals surface area contributed by atoms with Gasteiger partial charge < -0.3 is 5.32 Å². The van der Waals surface area contributed by atoms with E-state index in [2.05, 4.69) is 10.3 Å². The molecule has 6 nitrogen and oxygen atoms in total. The summed E-state index contributed by atoms with van der Waals surface area (Å²) < 4.78 is 0. The molecule has 8 heteroatoms. The first kappa shape index (κ1) is 18.4. The number of hydrogen-bond acceptors (Lipinski definition) is 6. The van der Waals surface area contributed by atoms with Gasteiger partial charge in [-0.05, 0) is 41.4 Å². The Morgan fingerprint density at radius 2 is 1.96 bits per heavy atom. The van der Waals surface area contributed by atoms with E-state index in [1.165, 1.54) is 11.3 Å². The number of carbonyl (C=O) groups excluding carboxylic acids is 3. The first-order valence-corrected chi connectivity index (χ1v) is 10.2. The highest BCUT2D eigenvalue weighted by Gasteiger charge is 2.34. The van der Waals surface area contributed by atoms with Gasteiger partial charge in [0.2, 0.25) is 0 Å². The summed E-state index contributed by atoms with van der Waals surface area (Å²) in [5.74, 6) is -0.673. The van der Waals surface area contributed by atoms with Crippen LogP contribution in [-0.2, 0) is 4.79 Å². The van der Waals surface area contributed by atoms with Gasteiger partial charge in [-0.3, -0.25) is 19.3 Å². The van der Waals surface area contributed by atoms with Crippen LogP contribution in [0, 0.1) is 0 Å². The molecular formula is C20H15N3O3S2. The molecule has 1 aliphatic rings. The van der Waals surface area contributed by atoms with Crippen molar-refractivity contribution >= 4 is 57.1 Å². The highest BCUT2D eigenvalue weighted by molar-refractivity contribution is 8.18. The molecule has 2 aromatic heterocycles. The molecule has 1 fully saturated rings. The van der Waals surface area contributed by atoms with Crippen molar-refractivity contribution < 1.29 is 14.4 Å². The van der Waals surface area contributed by atoms with Crippen LogP contribution in [0.3, 0.4) is 0 Å². The number of thioether (sulfide) groups is 1. The minimum Gasteiger partial charge on any atom is -0.349 e. The Bertz CT molecular complexity index is 1090. The standard InChI is InChI=1S/C20H15N3O3S2/c24-18(16-8-7-13-4-1-2-6-15(13)22-16)21-9-10-23-19(25)17(28-20(23)26)12-14-5-3-11-27-14/h1-8,11-12H,9-10H2,(H,21,24)/b17-12+. The molecule has 0 unspecified atom stereocenters. The van der Waals surface area contributed by atoms with E-state index in [1.54, 1.807) is 12.1 Å². The maximum Gasteiger partial charge on any atom is 0.293 e.